The molecule has 0 saturated heterocycles. The van der Waals surface area contributed by atoms with Gasteiger partial charge in [0.25, 0.3) is 0 Å². The normalized spacial score (nSPS) is 11.6. The molecule has 0 fully saturated rings. The first-order chi connectivity index (χ1) is 12.9. The van der Waals surface area contributed by atoms with Gasteiger partial charge in [0.1, 0.15) is 0 Å². The van der Waals surface area contributed by atoms with Crippen LogP contribution in [-0.2, 0) is 9.84 Å². The zero-order chi connectivity index (χ0) is 19.0. The summed E-state index contributed by atoms with van der Waals surface area (Å²) in [6.07, 6.45) is 0. The van der Waals surface area contributed by atoms with Crippen molar-refractivity contribution in [3.05, 3.63) is 87.8 Å². The van der Waals surface area contributed by atoms with Crippen molar-refractivity contribution in [3.8, 4) is 11.3 Å². The SMILES string of the molecule is O=S(=O)(c1ccccc1)c1ccc(-c2ccc3cc(Br)cc(Br)c3n2)cc1. The van der Waals surface area contributed by atoms with Gasteiger partial charge in [0, 0.05) is 19.9 Å². The molecule has 134 valence electrons. The van der Waals surface area contributed by atoms with E-state index >= 15 is 0 Å². The van der Waals surface area contributed by atoms with Gasteiger partial charge in [-0.1, -0.05) is 52.3 Å². The molecule has 1 heterocycles. The van der Waals surface area contributed by atoms with Gasteiger partial charge in [-0.25, -0.2) is 13.4 Å². The van der Waals surface area contributed by atoms with E-state index in [0.717, 1.165) is 31.1 Å². The Balaban J connectivity index is 1.74. The third-order valence-corrected chi connectivity index (χ3v) is 7.07. The first kappa shape index (κ1) is 18.3. The van der Waals surface area contributed by atoms with Crippen LogP contribution < -0.4 is 0 Å². The Kier molecular flexibility index (Phi) is 4.88. The summed E-state index contributed by atoms with van der Waals surface area (Å²) in [5.41, 5.74) is 2.50. The van der Waals surface area contributed by atoms with Gasteiger partial charge in [-0.05, 0) is 58.4 Å². The van der Waals surface area contributed by atoms with Crippen LogP contribution in [0.15, 0.2) is 97.6 Å². The topological polar surface area (TPSA) is 47.0 Å². The molecular weight excluding hydrogens is 490 g/mol. The maximum Gasteiger partial charge on any atom is 0.206 e. The molecule has 3 nitrogen and oxygen atoms in total. The quantitative estimate of drug-likeness (QED) is 0.332. The number of hydrogen-bond donors (Lipinski definition) is 0. The zero-order valence-corrected chi connectivity index (χ0v) is 17.9. The first-order valence-electron chi connectivity index (χ1n) is 8.11. The van der Waals surface area contributed by atoms with Crippen LogP contribution >= 0.6 is 31.9 Å². The summed E-state index contributed by atoms with van der Waals surface area (Å²) < 4.78 is 27.3. The van der Waals surface area contributed by atoms with Gasteiger partial charge in [-0.2, -0.15) is 0 Å². The molecule has 0 unspecified atom stereocenters. The van der Waals surface area contributed by atoms with Crippen LogP contribution in [0, 0.1) is 0 Å². The largest absolute Gasteiger partial charge is 0.247 e. The first-order valence-corrected chi connectivity index (χ1v) is 11.2. The van der Waals surface area contributed by atoms with E-state index < -0.39 is 9.84 Å². The number of hydrogen-bond acceptors (Lipinski definition) is 3. The molecule has 0 saturated carbocycles. The molecule has 0 amide bonds. The molecule has 0 atom stereocenters. The molecule has 27 heavy (non-hydrogen) atoms. The lowest BCUT2D eigenvalue weighted by Gasteiger charge is -2.08. The molecule has 3 aromatic carbocycles. The summed E-state index contributed by atoms with van der Waals surface area (Å²) in [5, 5.41) is 1.02. The number of aromatic nitrogens is 1. The predicted octanol–water partition coefficient (Wildman–Crippen LogP) is 6.26. The van der Waals surface area contributed by atoms with Crippen LogP contribution in [0.25, 0.3) is 22.2 Å². The van der Waals surface area contributed by atoms with Gasteiger partial charge >= 0.3 is 0 Å². The van der Waals surface area contributed by atoms with E-state index in [1.54, 1.807) is 54.6 Å². The number of benzene rings is 3. The minimum atomic E-state index is -3.52. The Bertz CT molecular complexity index is 1240. The molecule has 0 N–H and O–H groups in total. The van der Waals surface area contributed by atoms with E-state index in [1.807, 2.05) is 24.3 Å². The molecule has 0 radical (unpaired) electrons. The second kappa shape index (κ2) is 7.19. The molecule has 0 aliphatic carbocycles. The Morgan fingerprint density at radius 1 is 0.741 bits per heavy atom. The second-order valence-corrected chi connectivity index (χ2v) is 9.72. The van der Waals surface area contributed by atoms with Crippen molar-refractivity contribution in [1.82, 2.24) is 4.98 Å². The second-order valence-electron chi connectivity index (χ2n) is 6.00. The summed E-state index contributed by atoms with van der Waals surface area (Å²) in [4.78, 5) is 5.27. The summed E-state index contributed by atoms with van der Waals surface area (Å²) >= 11 is 7.02. The fourth-order valence-corrected chi connectivity index (χ4v) is 5.49. The predicted molar refractivity (Wildman–Crippen MR) is 114 cm³/mol. The average Bonchev–Trinajstić information content (AvgIpc) is 2.68. The van der Waals surface area contributed by atoms with Gasteiger partial charge in [-0.3, -0.25) is 0 Å². The Hall–Kier alpha value is -2.02. The van der Waals surface area contributed by atoms with Crippen LogP contribution in [0.1, 0.15) is 0 Å². The number of nitrogens with zero attached hydrogens (tertiary/aromatic N) is 1. The maximum absolute atomic E-state index is 12.7. The molecular formula is C21H13Br2NO2S. The van der Waals surface area contributed by atoms with Crippen molar-refractivity contribution < 1.29 is 8.42 Å². The van der Waals surface area contributed by atoms with Crippen molar-refractivity contribution in [1.29, 1.82) is 0 Å². The summed E-state index contributed by atoms with van der Waals surface area (Å²) in [6.45, 7) is 0. The number of rotatable bonds is 3. The third-order valence-electron chi connectivity index (χ3n) is 4.22. The van der Waals surface area contributed by atoms with Crippen LogP contribution in [0.5, 0.6) is 0 Å². The minimum Gasteiger partial charge on any atom is -0.247 e. The van der Waals surface area contributed by atoms with Gasteiger partial charge in [0.05, 0.1) is 21.0 Å². The third kappa shape index (κ3) is 3.57. The van der Waals surface area contributed by atoms with Crippen LogP contribution in [0.4, 0.5) is 0 Å². The van der Waals surface area contributed by atoms with E-state index in [4.69, 9.17) is 4.98 Å². The minimum absolute atomic E-state index is 0.267. The molecule has 6 heteroatoms. The lowest BCUT2D eigenvalue weighted by molar-refractivity contribution is 0.596. The van der Waals surface area contributed by atoms with Crippen LogP contribution in [0.3, 0.4) is 0 Å². The van der Waals surface area contributed by atoms with Crippen molar-refractivity contribution >= 4 is 52.6 Å². The molecule has 4 aromatic rings. The van der Waals surface area contributed by atoms with Gasteiger partial charge in [0.2, 0.25) is 9.84 Å². The standard InChI is InChI=1S/C21H13Br2NO2S/c22-16-12-15-8-11-20(24-21(15)19(23)13-16)14-6-9-18(10-7-14)27(25,26)17-4-2-1-3-5-17/h1-13H. The van der Waals surface area contributed by atoms with Crippen LogP contribution in [-0.4, -0.2) is 13.4 Å². The highest BCUT2D eigenvalue weighted by Crippen LogP contribution is 2.30. The number of pyridine rings is 1. The van der Waals surface area contributed by atoms with E-state index in [0.29, 0.717) is 0 Å². The zero-order valence-electron chi connectivity index (χ0n) is 13.9. The highest BCUT2D eigenvalue weighted by Gasteiger charge is 2.17. The van der Waals surface area contributed by atoms with E-state index in [2.05, 4.69) is 31.9 Å². The fraction of sp³-hybridized carbons (Fsp3) is 0. The fourth-order valence-electron chi connectivity index (χ4n) is 2.86. The van der Waals surface area contributed by atoms with Crippen molar-refractivity contribution in [2.24, 2.45) is 0 Å². The smallest absolute Gasteiger partial charge is 0.206 e. The lowest BCUT2D eigenvalue weighted by Crippen LogP contribution is -2.01. The van der Waals surface area contributed by atoms with Crippen molar-refractivity contribution in [3.63, 3.8) is 0 Å². The Morgan fingerprint density at radius 2 is 1.41 bits per heavy atom. The highest BCUT2D eigenvalue weighted by atomic mass is 79.9. The highest BCUT2D eigenvalue weighted by molar-refractivity contribution is 9.11. The molecule has 0 bridgehead atoms. The molecule has 0 aliphatic heterocycles. The van der Waals surface area contributed by atoms with Crippen molar-refractivity contribution in [2.45, 2.75) is 9.79 Å². The number of sulfone groups is 1. The van der Waals surface area contributed by atoms with E-state index in [9.17, 15) is 8.42 Å². The Morgan fingerprint density at radius 3 is 2.11 bits per heavy atom. The number of halogens is 2. The van der Waals surface area contributed by atoms with Crippen LogP contribution in [0.2, 0.25) is 0 Å². The van der Waals surface area contributed by atoms with E-state index in [1.165, 1.54) is 0 Å². The van der Waals surface area contributed by atoms with Gasteiger partial charge in [-0.15, -0.1) is 0 Å². The van der Waals surface area contributed by atoms with Crippen molar-refractivity contribution in [2.75, 3.05) is 0 Å². The molecule has 0 spiro atoms. The molecule has 4 rings (SSSR count). The average molecular weight is 503 g/mol. The Labute approximate surface area is 174 Å². The summed E-state index contributed by atoms with van der Waals surface area (Å²) in [6, 6.07) is 23.2. The monoisotopic (exact) mass is 501 g/mol. The maximum atomic E-state index is 12.7. The van der Waals surface area contributed by atoms with Gasteiger partial charge < -0.3 is 0 Å². The molecule has 1 aromatic heterocycles. The summed E-state index contributed by atoms with van der Waals surface area (Å²) in [7, 11) is -3.52. The van der Waals surface area contributed by atoms with Gasteiger partial charge in [0.15, 0.2) is 0 Å². The van der Waals surface area contributed by atoms with E-state index in [-0.39, 0.29) is 9.79 Å². The number of fused-ring (bicyclic) bond motifs is 1. The lowest BCUT2D eigenvalue weighted by atomic mass is 10.1. The summed E-state index contributed by atoms with van der Waals surface area (Å²) in [5.74, 6) is 0. The molecule has 0 aliphatic rings.